The molecule has 2 aromatic carbocycles. The van der Waals surface area contributed by atoms with E-state index < -0.39 is 0 Å². The molecule has 6 heteroatoms. The summed E-state index contributed by atoms with van der Waals surface area (Å²) in [5.41, 5.74) is 6.71. The monoisotopic (exact) mass is 462 g/mol. The molecule has 0 spiro atoms. The third kappa shape index (κ3) is 5.56. The lowest BCUT2D eigenvalue weighted by Crippen LogP contribution is -2.30. The van der Waals surface area contributed by atoms with Crippen LogP contribution in [0, 0.1) is 20.8 Å². The van der Waals surface area contributed by atoms with Gasteiger partial charge in [0.15, 0.2) is 10.9 Å². The Kier molecular flexibility index (Phi) is 7.66. The zero-order valence-corrected chi connectivity index (χ0v) is 21.0. The van der Waals surface area contributed by atoms with Crippen LogP contribution in [-0.2, 0) is 18.8 Å². The van der Waals surface area contributed by atoms with Crippen molar-refractivity contribution in [2.45, 2.75) is 71.0 Å². The quantitative estimate of drug-likeness (QED) is 0.316. The van der Waals surface area contributed by atoms with Crippen LogP contribution < -0.4 is 0 Å². The lowest BCUT2D eigenvalue weighted by atomic mass is 9.92. The van der Waals surface area contributed by atoms with Gasteiger partial charge in [0, 0.05) is 11.3 Å². The first-order valence-electron chi connectivity index (χ1n) is 11.9. The largest absolute Gasteiger partial charge is 0.300 e. The molecule has 2 heterocycles. The van der Waals surface area contributed by atoms with Crippen molar-refractivity contribution in [2.24, 2.45) is 0 Å². The zero-order chi connectivity index (χ0) is 23.4. The van der Waals surface area contributed by atoms with Gasteiger partial charge in [-0.2, -0.15) is 0 Å². The highest BCUT2D eigenvalue weighted by Crippen LogP contribution is 2.30. The van der Waals surface area contributed by atoms with Crippen LogP contribution in [0.2, 0.25) is 0 Å². The first kappa shape index (κ1) is 23.7. The van der Waals surface area contributed by atoms with Crippen molar-refractivity contribution >= 4 is 17.5 Å². The second kappa shape index (κ2) is 10.7. The lowest BCUT2D eigenvalue weighted by Gasteiger charge is -2.26. The summed E-state index contributed by atoms with van der Waals surface area (Å²) in [6.45, 7) is 11.8. The fourth-order valence-corrected chi connectivity index (χ4v) is 6.05. The number of carbonyl (C=O) groups excluding carboxylic acids is 1. The summed E-state index contributed by atoms with van der Waals surface area (Å²) in [4.78, 5) is 14.7. The van der Waals surface area contributed by atoms with Crippen molar-refractivity contribution in [3.63, 3.8) is 0 Å². The molecule has 5 nitrogen and oxygen atoms in total. The fourth-order valence-electron chi connectivity index (χ4n) is 4.91. The molecule has 4 rings (SSSR count). The summed E-state index contributed by atoms with van der Waals surface area (Å²) in [6, 6.07) is 12.7. The van der Waals surface area contributed by atoms with E-state index in [0.29, 0.717) is 0 Å². The maximum atomic E-state index is 12.2. The molecule has 1 fully saturated rings. The van der Waals surface area contributed by atoms with Crippen molar-refractivity contribution in [1.29, 1.82) is 0 Å². The van der Waals surface area contributed by atoms with Crippen LogP contribution in [0.25, 0.3) is 0 Å². The molecule has 0 bridgehead atoms. The van der Waals surface area contributed by atoms with E-state index in [-0.39, 0.29) is 5.78 Å². The second-order valence-electron chi connectivity index (χ2n) is 9.14. The molecular formula is C27H34N4OS. The number of Topliss-reactive ketones (excluding diaryl/α,β-unsaturated/α-hetero) is 1. The van der Waals surface area contributed by atoms with E-state index in [0.717, 1.165) is 59.6 Å². The van der Waals surface area contributed by atoms with Crippen LogP contribution in [0.3, 0.4) is 0 Å². The van der Waals surface area contributed by atoms with Crippen LogP contribution in [-0.4, -0.2) is 38.5 Å². The van der Waals surface area contributed by atoms with E-state index in [2.05, 4.69) is 69.9 Å². The molecule has 1 aliphatic rings. The van der Waals surface area contributed by atoms with E-state index in [1.807, 2.05) is 6.92 Å². The third-order valence-electron chi connectivity index (χ3n) is 6.62. The van der Waals surface area contributed by atoms with Crippen LogP contribution in [0.4, 0.5) is 0 Å². The number of hydrogen-bond donors (Lipinski definition) is 0. The number of hydrogen-bond acceptors (Lipinski definition) is 5. The Bertz CT molecular complexity index is 1120. The molecule has 0 atom stereocenters. The number of ketones is 1. The molecule has 0 amide bonds. The minimum absolute atomic E-state index is 0.132. The highest BCUT2D eigenvalue weighted by molar-refractivity contribution is 7.98. The number of thioether (sulfide) groups is 1. The molecule has 0 radical (unpaired) electrons. The predicted octanol–water partition coefficient (Wildman–Crippen LogP) is 5.73. The summed E-state index contributed by atoms with van der Waals surface area (Å²) in [6.07, 6.45) is 3.85. The Morgan fingerprint density at radius 1 is 0.970 bits per heavy atom. The number of carbonyl (C=O) groups is 1. The summed E-state index contributed by atoms with van der Waals surface area (Å²) < 4.78 is 2.28. The van der Waals surface area contributed by atoms with Gasteiger partial charge in [-0.15, -0.1) is 10.2 Å². The number of aryl methyl sites for hydroxylation is 2. The molecule has 0 aliphatic carbocycles. The number of rotatable bonds is 8. The predicted molar refractivity (Wildman–Crippen MR) is 135 cm³/mol. The fraction of sp³-hybridized carbons (Fsp3) is 0.444. The molecule has 1 saturated heterocycles. The van der Waals surface area contributed by atoms with Gasteiger partial charge in [-0.3, -0.25) is 9.69 Å². The molecular weight excluding hydrogens is 428 g/mol. The van der Waals surface area contributed by atoms with Gasteiger partial charge in [-0.25, -0.2) is 0 Å². The molecule has 3 aromatic rings. The summed E-state index contributed by atoms with van der Waals surface area (Å²) in [7, 11) is 0. The highest BCUT2D eigenvalue weighted by atomic mass is 32.2. The zero-order valence-electron chi connectivity index (χ0n) is 20.2. The van der Waals surface area contributed by atoms with Gasteiger partial charge in [0.25, 0.3) is 0 Å². The van der Waals surface area contributed by atoms with Crippen molar-refractivity contribution in [3.8, 4) is 0 Å². The number of nitrogens with zero attached hydrogens (tertiary/aromatic N) is 4. The molecule has 1 aliphatic heterocycles. The van der Waals surface area contributed by atoms with Crippen molar-refractivity contribution in [2.75, 3.05) is 13.1 Å². The van der Waals surface area contributed by atoms with Gasteiger partial charge in [-0.1, -0.05) is 54.6 Å². The van der Waals surface area contributed by atoms with Gasteiger partial charge in [0.1, 0.15) is 5.82 Å². The first-order chi connectivity index (χ1) is 15.9. The highest BCUT2D eigenvalue weighted by Gasteiger charge is 2.20. The van der Waals surface area contributed by atoms with E-state index in [4.69, 9.17) is 0 Å². The second-order valence-corrected chi connectivity index (χ2v) is 10.1. The smallest absolute Gasteiger partial charge is 0.191 e. The van der Waals surface area contributed by atoms with Crippen LogP contribution in [0.15, 0.2) is 41.6 Å². The maximum absolute atomic E-state index is 12.2. The average molecular weight is 463 g/mol. The summed E-state index contributed by atoms with van der Waals surface area (Å²) in [5, 5.41) is 10.2. The Balaban J connectivity index is 1.61. The summed E-state index contributed by atoms with van der Waals surface area (Å²) >= 11 is 1.72. The average Bonchev–Trinajstić information content (AvgIpc) is 3.15. The summed E-state index contributed by atoms with van der Waals surface area (Å²) in [5.74, 6) is 1.94. The van der Waals surface area contributed by atoms with E-state index in [1.54, 1.807) is 18.7 Å². The van der Waals surface area contributed by atoms with Crippen molar-refractivity contribution in [1.82, 2.24) is 19.7 Å². The SMILES string of the molecule is CC(=O)c1c(C)cc(C)c(CSc2nnc(CN3CCCCC3)n2Cc2ccccc2)c1C. The number of aromatic nitrogens is 3. The molecule has 0 unspecified atom stereocenters. The minimum atomic E-state index is 0.132. The van der Waals surface area contributed by atoms with Crippen LogP contribution >= 0.6 is 11.8 Å². The maximum Gasteiger partial charge on any atom is 0.191 e. The Labute approximate surface area is 201 Å². The number of likely N-dealkylation sites (tertiary alicyclic amines) is 1. The van der Waals surface area contributed by atoms with E-state index >= 15 is 0 Å². The van der Waals surface area contributed by atoms with Gasteiger partial charge in [-0.05, 0) is 81.4 Å². The third-order valence-corrected chi connectivity index (χ3v) is 7.61. The van der Waals surface area contributed by atoms with Crippen molar-refractivity contribution in [3.05, 3.63) is 75.6 Å². The molecule has 0 N–H and O–H groups in total. The Hall–Kier alpha value is -2.44. The molecule has 0 saturated carbocycles. The van der Waals surface area contributed by atoms with Gasteiger partial charge in [0.05, 0.1) is 13.1 Å². The normalized spacial score (nSPS) is 14.5. The van der Waals surface area contributed by atoms with E-state index in [1.165, 1.54) is 36.0 Å². The minimum Gasteiger partial charge on any atom is -0.300 e. The van der Waals surface area contributed by atoms with Crippen molar-refractivity contribution < 1.29 is 4.79 Å². The topological polar surface area (TPSA) is 51.0 Å². The van der Waals surface area contributed by atoms with E-state index in [9.17, 15) is 4.79 Å². The first-order valence-corrected chi connectivity index (χ1v) is 12.8. The van der Waals surface area contributed by atoms with Crippen LogP contribution in [0.1, 0.15) is 70.2 Å². The van der Waals surface area contributed by atoms with Crippen LogP contribution in [0.5, 0.6) is 0 Å². The molecule has 174 valence electrons. The lowest BCUT2D eigenvalue weighted by molar-refractivity contribution is 0.101. The number of piperidine rings is 1. The van der Waals surface area contributed by atoms with Gasteiger partial charge >= 0.3 is 0 Å². The van der Waals surface area contributed by atoms with Gasteiger partial charge in [0.2, 0.25) is 0 Å². The molecule has 1 aromatic heterocycles. The Morgan fingerprint density at radius 2 is 1.70 bits per heavy atom. The standard InChI is InChI=1S/C27H34N4OS/c1-19-15-20(2)26(22(4)32)21(3)24(19)18-33-27-29-28-25(17-30-13-9-6-10-14-30)31(27)16-23-11-7-5-8-12-23/h5,7-8,11-12,15H,6,9-10,13-14,16-18H2,1-4H3. The Morgan fingerprint density at radius 3 is 2.39 bits per heavy atom. The number of benzene rings is 2. The molecule has 33 heavy (non-hydrogen) atoms. The van der Waals surface area contributed by atoms with Gasteiger partial charge < -0.3 is 4.57 Å².